The Morgan fingerprint density at radius 2 is 1.85 bits per heavy atom. The van der Waals surface area contributed by atoms with Crippen LogP contribution in [0.2, 0.25) is 0 Å². The number of ether oxygens (including phenoxy) is 4. The lowest BCUT2D eigenvalue weighted by Gasteiger charge is -2.40. The molecule has 3 heterocycles. The summed E-state index contributed by atoms with van der Waals surface area (Å²) >= 11 is 0. The zero-order valence-corrected chi connectivity index (χ0v) is 27.4. The topological polar surface area (TPSA) is 87.4 Å². The molecule has 0 unspecified atom stereocenters. The minimum atomic E-state index is -0.284. The van der Waals surface area contributed by atoms with Gasteiger partial charge in [0.2, 0.25) is 0 Å². The van der Waals surface area contributed by atoms with E-state index < -0.39 is 0 Å². The Morgan fingerprint density at radius 3 is 2.57 bits per heavy atom. The van der Waals surface area contributed by atoms with Crippen molar-refractivity contribution in [1.82, 2.24) is 14.6 Å². The lowest BCUT2D eigenvalue weighted by molar-refractivity contribution is -0.142. The van der Waals surface area contributed by atoms with Crippen LogP contribution in [0.1, 0.15) is 44.4 Å². The first-order valence-corrected chi connectivity index (χ1v) is 15.9. The van der Waals surface area contributed by atoms with Gasteiger partial charge in [-0.15, -0.1) is 13.2 Å². The Morgan fingerprint density at radius 1 is 1.07 bits per heavy atom. The number of benzene rings is 2. The van der Waals surface area contributed by atoms with Crippen molar-refractivity contribution in [1.29, 1.82) is 0 Å². The number of carbonyl (C=O) groups excluding carboxylic acids is 1. The maximum Gasteiger partial charge on any atom is 0.310 e. The zero-order chi connectivity index (χ0) is 32.7. The van der Waals surface area contributed by atoms with Gasteiger partial charge in [0.15, 0.2) is 5.65 Å². The Labute approximate surface area is 271 Å². The maximum absolute atomic E-state index is 12.8. The molecule has 46 heavy (non-hydrogen) atoms. The van der Waals surface area contributed by atoms with Gasteiger partial charge in [0.1, 0.15) is 17.3 Å². The molecule has 0 atom stereocenters. The summed E-state index contributed by atoms with van der Waals surface area (Å²) in [6, 6.07) is 16.0. The Hall–Kier alpha value is -4.63. The second kappa shape index (κ2) is 14.6. The van der Waals surface area contributed by atoms with E-state index in [1.54, 1.807) is 13.2 Å². The van der Waals surface area contributed by atoms with Crippen LogP contribution >= 0.6 is 0 Å². The van der Waals surface area contributed by atoms with Crippen LogP contribution < -0.4 is 14.4 Å². The van der Waals surface area contributed by atoms with Gasteiger partial charge in [-0.25, -0.2) is 4.98 Å². The number of methoxy groups -OCH3 is 1. The van der Waals surface area contributed by atoms with Crippen LogP contribution in [0.4, 0.5) is 5.82 Å². The summed E-state index contributed by atoms with van der Waals surface area (Å²) in [7, 11) is 1.66. The lowest BCUT2D eigenvalue weighted by atomic mass is 9.93. The molecule has 0 radical (unpaired) electrons. The number of rotatable bonds is 14. The molecule has 0 bridgehead atoms. The number of nitrogens with zero attached hydrogens (tertiary/aromatic N) is 4. The van der Waals surface area contributed by atoms with E-state index in [9.17, 15) is 4.79 Å². The van der Waals surface area contributed by atoms with Crippen LogP contribution in [0.15, 0.2) is 73.8 Å². The number of aryl methyl sites for hydroxylation is 1. The van der Waals surface area contributed by atoms with Crippen molar-refractivity contribution in [2.45, 2.75) is 52.1 Å². The first kappa shape index (κ1) is 32.8. The second-order valence-corrected chi connectivity index (χ2v) is 11.7. The molecule has 2 aromatic heterocycles. The van der Waals surface area contributed by atoms with Crippen LogP contribution in [-0.4, -0.2) is 66.2 Å². The highest BCUT2D eigenvalue weighted by Gasteiger charge is 2.33. The van der Waals surface area contributed by atoms with E-state index in [2.05, 4.69) is 37.1 Å². The molecule has 0 aliphatic carbocycles. The number of hydrogen-bond acceptors (Lipinski definition) is 8. The summed E-state index contributed by atoms with van der Waals surface area (Å²) in [6.45, 7) is 16.4. The van der Waals surface area contributed by atoms with Crippen molar-refractivity contribution in [2.24, 2.45) is 0 Å². The van der Waals surface area contributed by atoms with Crippen LogP contribution in [0.25, 0.3) is 28.0 Å². The van der Waals surface area contributed by atoms with Gasteiger partial charge in [-0.05, 0) is 69.9 Å². The highest BCUT2D eigenvalue weighted by molar-refractivity contribution is 5.79. The van der Waals surface area contributed by atoms with E-state index in [0.29, 0.717) is 25.5 Å². The van der Waals surface area contributed by atoms with Crippen molar-refractivity contribution < 1.29 is 23.7 Å². The normalized spacial score (nSPS) is 14.2. The lowest BCUT2D eigenvalue weighted by Crippen LogP contribution is -2.45. The van der Waals surface area contributed by atoms with E-state index in [1.807, 2.05) is 60.8 Å². The molecular formula is C37H44N4O5. The van der Waals surface area contributed by atoms with Gasteiger partial charge in [0.25, 0.3) is 0 Å². The fourth-order valence-corrected chi connectivity index (χ4v) is 5.85. The van der Waals surface area contributed by atoms with E-state index >= 15 is 0 Å². The van der Waals surface area contributed by atoms with Gasteiger partial charge in [-0.3, -0.25) is 4.79 Å². The van der Waals surface area contributed by atoms with Crippen LogP contribution in [0.3, 0.4) is 0 Å². The number of fused-ring (bicyclic) bond motifs is 1. The molecule has 9 heteroatoms. The number of aromatic nitrogens is 3. The highest BCUT2D eigenvalue weighted by Crippen LogP contribution is 2.37. The fraction of sp³-hybridized carbons (Fsp3) is 0.378. The van der Waals surface area contributed by atoms with E-state index in [0.717, 1.165) is 83.3 Å². The van der Waals surface area contributed by atoms with Crippen molar-refractivity contribution in [3.63, 3.8) is 0 Å². The molecule has 2 aromatic carbocycles. The molecule has 0 spiro atoms. The monoisotopic (exact) mass is 624 g/mol. The molecule has 0 N–H and O–H groups in total. The fourth-order valence-electron chi connectivity index (χ4n) is 5.85. The molecule has 5 rings (SSSR count). The molecule has 4 aromatic rings. The van der Waals surface area contributed by atoms with Crippen molar-refractivity contribution >= 4 is 17.4 Å². The van der Waals surface area contributed by atoms with E-state index in [-0.39, 0.29) is 18.0 Å². The van der Waals surface area contributed by atoms with Crippen LogP contribution in [0, 0.1) is 6.92 Å². The number of carbonyl (C=O) groups is 1. The largest absolute Gasteiger partial charge is 0.497 e. The summed E-state index contributed by atoms with van der Waals surface area (Å²) in [5.41, 5.74) is 5.69. The molecule has 1 saturated heterocycles. The summed E-state index contributed by atoms with van der Waals surface area (Å²) in [5.74, 6) is 2.10. The first-order valence-electron chi connectivity index (χ1n) is 15.9. The summed E-state index contributed by atoms with van der Waals surface area (Å²) in [6.07, 6.45) is 6.16. The third-order valence-corrected chi connectivity index (χ3v) is 8.41. The van der Waals surface area contributed by atoms with Crippen molar-refractivity contribution in [3.05, 3.63) is 85.1 Å². The van der Waals surface area contributed by atoms with Crippen molar-refractivity contribution in [2.75, 3.05) is 44.9 Å². The number of esters is 1. The molecule has 1 aliphatic heterocycles. The van der Waals surface area contributed by atoms with Gasteiger partial charge in [0, 0.05) is 41.5 Å². The van der Waals surface area contributed by atoms with Gasteiger partial charge in [0.05, 0.1) is 44.6 Å². The third kappa shape index (κ3) is 7.26. The molecule has 1 fully saturated rings. The van der Waals surface area contributed by atoms with Crippen LogP contribution in [-0.2, 0) is 20.7 Å². The highest BCUT2D eigenvalue weighted by atomic mass is 16.5. The van der Waals surface area contributed by atoms with Crippen molar-refractivity contribution in [3.8, 4) is 33.9 Å². The standard InChI is InChI=1S/C37H44N4O5/c1-7-10-21-45-33-15-14-29(43-6)23-31(33)27-12-11-13-28(22-27)32-25-34-38-26(4)30(24-35(42)44-9-3)36(41(34)39-32)40-18-16-37(5,17-19-40)46-20-8-2/h7-8,11-15,22-23,25H,1-2,9-10,16-21,24H2,3-6H3. The summed E-state index contributed by atoms with van der Waals surface area (Å²) in [5, 5.41) is 5.10. The minimum absolute atomic E-state index is 0.119. The first-order chi connectivity index (χ1) is 22.3. The molecule has 9 nitrogen and oxygen atoms in total. The van der Waals surface area contributed by atoms with Gasteiger partial charge < -0.3 is 23.8 Å². The number of piperidine rings is 1. The maximum atomic E-state index is 12.8. The van der Waals surface area contributed by atoms with Gasteiger partial charge in [-0.1, -0.05) is 30.4 Å². The Kier molecular flexibility index (Phi) is 10.4. The Bertz CT molecular complexity index is 1700. The average Bonchev–Trinajstić information content (AvgIpc) is 3.49. The van der Waals surface area contributed by atoms with Crippen LogP contribution in [0.5, 0.6) is 11.5 Å². The minimum Gasteiger partial charge on any atom is -0.497 e. The van der Waals surface area contributed by atoms with Gasteiger partial charge >= 0.3 is 5.97 Å². The molecule has 0 saturated carbocycles. The van der Waals surface area contributed by atoms with E-state index in [4.69, 9.17) is 29.0 Å². The molecule has 0 amide bonds. The smallest absolute Gasteiger partial charge is 0.310 e. The molecule has 1 aliphatic rings. The quantitative estimate of drug-likeness (QED) is 0.0842. The Balaban J connectivity index is 1.56. The predicted molar refractivity (Wildman–Crippen MR) is 182 cm³/mol. The third-order valence-electron chi connectivity index (χ3n) is 8.41. The van der Waals surface area contributed by atoms with Gasteiger partial charge in [-0.2, -0.15) is 9.61 Å². The summed E-state index contributed by atoms with van der Waals surface area (Å²) in [4.78, 5) is 20.0. The second-order valence-electron chi connectivity index (χ2n) is 11.7. The SMILES string of the molecule is C=CCCOc1ccc(OC)cc1-c1cccc(-c2cc3nc(C)c(CC(=O)OCC)c(N4CCC(C)(OCC=C)CC4)n3n2)c1. The van der Waals surface area contributed by atoms with E-state index in [1.165, 1.54) is 0 Å². The number of anilines is 1. The molecule has 242 valence electrons. The molecular weight excluding hydrogens is 580 g/mol. The number of hydrogen-bond donors (Lipinski definition) is 0. The summed E-state index contributed by atoms with van der Waals surface area (Å²) < 4.78 is 25.0. The average molecular weight is 625 g/mol. The predicted octanol–water partition coefficient (Wildman–Crippen LogP) is 7.00. The zero-order valence-electron chi connectivity index (χ0n) is 27.4.